The number of hydrogen-bond acceptors (Lipinski definition) is 0. The molecule has 1 fully saturated rings. The van der Waals surface area contributed by atoms with Crippen molar-refractivity contribution in [2.24, 2.45) is 14.1 Å². The molecule has 6 aromatic rings. The second-order valence-corrected chi connectivity index (χ2v) is 10.7. The molecule has 0 N–H and O–H groups in total. The van der Waals surface area contributed by atoms with E-state index in [4.69, 9.17) is 0 Å². The summed E-state index contributed by atoms with van der Waals surface area (Å²) in [7, 11) is 4.49. The molecule has 4 nitrogen and oxygen atoms in total. The van der Waals surface area contributed by atoms with Gasteiger partial charge in [0.15, 0.2) is 22.1 Å². The minimum Gasteiger partial charge on any atom is -0.229 e. The predicted octanol–water partition coefficient (Wildman–Crippen LogP) is 6.66. The minimum atomic E-state index is 0.517. The molecule has 0 amide bonds. The van der Waals surface area contributed by atoms with Gasteiger partial charge in [0, 0.05) is 0 Å². The predicted molar refractivity (Wildman–Crippen MR) is 153 cm³/mol. The van der Waals surface area contributed by atoms with E-state index < -0.39 is 0 Å². The smallest absolute Gasteiger partial charge is 0.229 e. The number of imidazole rings is 2. The molecule has 4 aromatic carbocycles. The molecule has 0 radical (unpaired) electrons. The van der Waals surface area contributed by atoms with Crippen LogP contribution in [0, 0.1) is 0 Å². The van der Waals surface area contributed by atoms with Gasteiger partial charge in [-0.15, -0.1) is 0 Å². The fourth-order valence-corrected chi connectivity index (χ4v) is 6.89. The summed E-state index contributed by atoms with van der Waals surface area (Å²) in [5, 5.41) is 0. The van der Waals surface area contributed by atoms with Gasteiger partial charge in [-0.1, -0.05) is 60.7 Å². The first-order chi connectivity index (χ1) is 18.7. The SMILES string of the molecule is C[n+]1c(C2CCC(c3n(-c4ccccc4)c4ccccc4[n+]3C)CC2)n(-c2ccccc2)c2ccccc21. The first kappa shape index (κ1) is 23.0. The van der Waals surface area contributed by atoms with Gasteiger partial charge in [0.25, 0.3) is 11.6 Å². The number of hydrogen-bond donors (Lipinski definition) is 0. The monoisotopic (exact) mass is 498 g/mol. The van der Waals surface area contributed by atoms with E-state index in [-0.39, 0.29) is 0 Å². The zero-order valence-electron chi connectivity index (χ0n) is 22.2. The molecule has 1 aliphatic rings. The maximum Gasteiger partial charge on any atom is 0.265 e. The van der Waals surface area contributed by atoms with Crippen LogP contribution in [-0.2, 0) is 14.1 Å². The van der Waals surface area contributed by atoms with E-state index in [0.29, 0.717) is 11.8 Å². The summed E-state index contributed by atoms with van der Waals surface area (Å²) >= 11 is 0. The van der Waals surface area contributed by atoms with Crippen molar-refractivity contribution in [3.63, 3.8) is 0 Å². The quantitative estimate of drug-likeness (QED) is 0.242. The minimum absolute atomic E-state index is 0.517. The van der Waals surface area contributed by atoms with E-state index in [1.807, 2.05) is 0 Å². The summed E-state index contributed by atoms with van der Waals surface area (Å²) in [6.45, 7) is 0. The highest BCUT2D eigenvalue weighted by Crippen LogP contribution is 2.41. The van der Waals surface area contributed by atoms with Crippen LogP contribution >= 0.6 is 0 Å². The highest BCUT2D eigenvalue weighted by molar-refractivity contribution is 5.75. The topological polar surface area (TPSA) is 17.6 Å². The van der Waals surface area contributed by atoms with Crippen LogP contribution in [0.25, 0.3) is 33.4 Å². The standard InChI is InChI=1S/C34H34N4/c1-35-29-17-9-11-19-31(29)37(27-13-5-3-6-14-27)33(35)25-21-23-26(24-22-25)34-36(2)30-18-10-12-20-32(30)38(34)28-15-7-4-8-16-28/h3-20,25-26H,21-24H2,1-2H3/q+2. The third kappa shape index (κ3) is 3.59. The first-order valence-corrected chi connectivity index (χ1v) is 13.8. The van der Waals surface area contributed by atoms with Crippen LogP contribution in [0.4, 0.5) is 0 Å². The molecular formula is C34H34N4+2. The Morgan fingerprint density at radius 3 is 1.21 bits per heavy atom. The van der Waals surface area contributed by atoms with Crippen molar-refractivity contribution in [2.75, 3.05) is 0 Å². The van der Waals surface area contributed by atoms with E-state index >= 15 is 0 Å². The highest BCUT2D eigenvalue weighted by atomic mass is 15.2. The number of fused-ring (bicyclic) bond motifs is 2. The van der Waals surface area contributed by atoms with Crippen LogP contribution in [0.3, 0.4) is 0 Å². The molecule has 2 heterocycles. The van der Waals surface area contributed by atoms with Gasteiger partial charge >= 0.3 is 0 Å². The van der Waals surface area contributed by atoms with Crippen LogP contribution in [0.5, 0.6) is 0 Å². The molecule has 0 atom stereocenters. The molecule has 4 heteroatoms. The van der Waals surface area contributed by atoms with Crippen LogP contribution < -0.4 is 9.13 Å². The summed E-state index contributed by atoms with van der Waals surface area (Å²) in [6.07, 6.45) is 4.71. The number of nitrogens with zero attached hydrogens (tertiary/aromatic N) is 4. The molecule has 0 unspecified atom stereocenters. The highest BCUT2D eigenvalue weighted by Gasteiger charge is 2.38. The van der Waals surface area contributed by atoms with E-state index in [1.54, 1.807) is 0 Å². The van der Waals surface area contributed by atoms with Gasteiger partial charge in [-0.05, 0) is 74.2 Å². The number of rotatable bonds is 4. The molecule has 2 aromatic heterocycles. The van der Waals surface area contributed by atoms with Crippen molar-refractivity contribution in [1.82, 2.24) is 9.13 Å². The van der Waals surface area contributed by atoms with Crippen molar-refractivity contribution in [2.45, 2.75) is 37.5 Å². The fourth-order valence-electron chi connectivity index (χ4n) is 6.89. The average Bonchev–Trinajstić information content (AvgIpc) is 3.45. The molecule has 188 valence electrons. The summed E-state index contributed by atoms with van der Waals surface area (Å²) in [6, 6.07) is 39.4. The lowest BCUT2D eigenvalue weighted by atomic mass is 9.80. The van der Waals surface area contributed by atoms with E-state index in [0.717, 1.165) is 0 Å². The number of para-hydroxylation sites is 6. The summed E-state index contributed by atoms with van der Waals surface area (Å²) in [5.41, 5.74) is 7.66. The summed E-state index contributed by atoms with van der Waals surface area (Å²) in [5.74, 6) is 3.88. The molecule has 38 heavy (non-hydrogen) atoms. The lowest BCUT2D eigenvalue weighted by Crippen LogP contribution is -2.38. The lowest BCUT2D eigenvalue weighted by molar-refractivity contribution is -0.657. The second-order valence-electron chi connectivity index (χ2n) is 10.7. The Bertz CT molecular complexity index is 1600. The molecule has 7 rings (SSSR count). The fraction of sp³-hybridized carbons (Fsp3) is 0.235. The van der Waals surface area contributed by atoms with Crippen molar-refractivity contribution < 1.29 is 9.13 Å². The second kappa shape index (κ2) is 9.29. The Kier molecular flexibility index (Phi) is 5.61. The third-order valence-corrected chi connectivity index (χ3v) is 8.60. The van der Waals surface area contributed by atoms with Crippen molar-refractivity contribution in [1.29, 1.82) is 0 Å². The summed E-state index contributed by atoms with van der Waals surface area (Å²) < 4.78 is 9.88. The Hall–Kier alpha value is -4.18. The molecule has 0 saturated heterocycles. The van der Waals surface area contributed by atoms with E-state index in [1.165, 1.54) is 70.8 Å². The third-order valence-electron chi connectivity index (χ3n) is 8.60. The van der Waals surface area contributed by atoms with Gasteiger partial charge in [-0.3, -0.25) is 0 Å². The van der Waals surface area contributed by atoms with Crippen LogP contribution in [0.2, 0.25) is 0 Å². The Morgan fingerprint density at radius 2 is 0.816 bits per heavy atom. The summed E-state index contributed by atoms with van der Waals surface area (Å²) in [4.78, 5) is 0. The average molecular weight is 499 g/mol. The molecule has 1 aliphatic carbocycles. The molecular weight excluding hydrogens is 464 g/mol. The van der Waals surface area contributed by atoms with Crippen molar-refractivity contribution in [3.05, 3.63) is 121 Å². The van der Waals surface area contributed by atoms with Gasteiger partial charge < -0.3 is 0 Å². The van der Waals surface area contributed by atoms with Crippen molar-refractivity contribution >= 4 is 22.1 Å². The van der Waals surface area contributed by atoms with Gasteiger partial charge in [-0.25, -0.2) is 9.13 Å². The van der Waals surface area contributed by atoms with Crippen LogP contribution in [-0.4, -0.2) is 9.13 Å². The first-order valence-electron chi connectivity index (χ1n) is 13.8. The number of aromatic nitrogens is 4. The Balaban J connectivity index is 1.29. The normalized spacial score (nSPS) is 17.8. The van der Waals surface area contributed by atoms with Gasteiger partial charge in [0.1, 0.15) is 11.4 Å². The molecule has 0 spiro atoms. The van der Waals surface area contributed by atoms with E-state index in [2.05, 4.69) is 142 Å². The zero-order valence-corrected chi connectivity index (χ0v) is 22.2. The maximum atomic E-state index is 2.50. The lowest BCUT2D eigenvalue weighted by Gasteiger charge is -2.25. The van der Waals surface area contributed by atoms with E-state index in [9.17, 15) is 0 Å². The Labute approximate surface area is 224 Å². The zero-order chi connectivity index (χ0) is 25.6. The van der Waals surface area contributed by atoms with Gasteiger partial charge in [-0.2, -0.15) is 9.13 Å². The van der Waals surface area contributed by atoms with Gasteiger partial charge in [0.05, 0.1) is 25.9 Å². The largest absolute Gasteiger partial charge is 0.265 e. The van der Waals surface area contributed by atoms with Gasteiger partial charge in [0.2, 0.25) is 0 Å². The molecule has 0 aliphatic heterocycles. The maximum absolute atomic E-state index is 2.50. The van der Waals surface area contributed by atoms with Crippen LogP contribution in [0.15, 0.2) is 109 Å². The molecule has 0 bridgehead atoms. The number of benzene rings is 4. The molecule has 1 saturated carbocycles. The Morgan fingerprint density at radius 1 is 0.474 bits per heavy atom. The number of aryl methyl sites for hydroxylation is 2. The van der Waals surface area contributed by atoms with Crippen LogP contribution in [0.1, 0.15) is 49.2 Å². The van der Waals surface area contributed by atoms with Crippen molar-refractivity contribution in [3.8, 4) is 11.4 Å².